The Kier molecular flexibility index (Phi) is 4.38. The molecule has 3 rings (SSSR count). The summed E-state index contributed by atoms with van der Waals surface area (Å²) in [6.45, 7) is 1.71. The summed E-state index contributed by atoms with van der Waals surface area (Å²) in [5, 5.41) is 35.3. The smallest absolute Gasteiger partial charge is 0.325 e. The first-order valence-corrected chi connectivity index (χ1v) is 7.57. The van der Waals surface area contributed by atoms with Gasteiger partial charge in [0.1, 0.15) is 5.75 Å². The van der Waals surface area contributed by atoms with Crippen LogP contribution in [-0.4, -0.2) is 14.8 Å². The summed E-state index contributed by atoms with van der Waals surface area (Å²) in [5.41, 5.74) is -1.86. The number of fused-ring (bicyclic) bond motifs is 1. The van der Waals surface area contributed by atoms with E-state index in [-0.39, 0.29) is 5.75 Å². The summed E-state index contributed by atoms with van der Waals surface area (Å²) in [6.07, 6.45) is 0. The van der Waals surface area contributed by atoms with E-state index in [4.69, 9.17) is 4.74 Å². The van der Waals surface area contributed by atoms with Crippen molar-refractivity contribution in [1.29, 1.82) is 0 Å². The molecule has 0 fully saturated rings. The van der Waals surface area contributed by atoms with Gasteiger partial charge in [-0.25, -0.2) is 0 Å². The van der Waals surface area contributed by atoms with Crippen molar-refractivity contribution in [2.45, 2.75) is 6.92 Å². The Hall–Kier alpha value is -4.08. The zero-order valence-electron chi connectivity index (χ0n) is 13.8. The zero-order chi connectivity index (χ0) is 19.7. The van der Waals surface area contributed by atoms with Gasteiger partial charge < -0.3 is 4.74 Å². The van der Waals surface area contributed by atoms with Crippen molar-refractivity contribution >= 4 is 27.8 Å². The lowest BCUT2D eigenvalue weighted by molar-refractivity contribution is -0.404. The number of rotatable bonds is 5. The standard InChI is InChI=1S/C17H11N3O7/c1-10-13-5-3-2-4-11(13)6-7-16(10)27-17-14(19(23)24)8-12(18(21)22)9-15(17)20(25)26/h2-9H,1H3. The monoisotopic (exact) mass is 369 g/mol. The molecular weight excluding hydrogens is 358 g/mol. The molecule has 10 nitrogen and oxygen atoms in total. The Balaban J connectivity index is 2.22. The fourth-order valence-electron chi connectivity index (χ4n) is 2.69. The lowest BCUT2D eigenvalue weighted by atomic mass is 10.0. The number of ether oxygens (including phenoxy) is 1. The Bertz CT molecular complexity index is 1080. The van der Waals surface area contributed by atoms with Crippen LogP contribution in [0.4, 0.5) is 17.1 Å². The van der Waals surface area contributed by atoms with E-state index in [1.165, 1.54) is 6.07 Å². The second-order valence-electron chi connectivity index (χ2n) is 5.60. The van der Waals surface area contributed by atoms with E-state index in [1.807, 2.05) is 18.2 Å². The summed E-state index contributed by atoms with van der Waals surface area (Å²) in [4.78, 5) is 30.8. The van der Waals surface area contributed by atoms with Gasteiger partial charge in [-0.3, -0.25) is 30.3 Å². The molecule has 0 aliphatic rings. The van der Waals surface area contributed by atoms with Gasteiger partial charge in [0.25, 0.3) is 11.4 Å². The van der Waals surface area contributed by atoms with E-state index < -0.39 is 37.6 Å². The van der Waals surface area contributed by atoms with Crippen LogP contribution in [0.1, 0.15) is 5.56 Å². The molecule has 3 aromatic rings. The Labute approximate surface area is 151 Å². The number of non-ortho nitro benzene ring substituents is 1. The number of nitro groups is 3. The molecule has 27 heavy (non-hydrogen) atoms. The first kappa shape index (κ1) is 17.7. The van der Waals surface area contributed by atoms with Gasteiger partial charge in [-0.1, -0.05) is 30.3 Å². The molecule has 0 unspecified atom stereocenters. The lowest BCUT2D eigenvalue weighted by Crippen LogP contribution is -2.01. The van der Waals surface area contributed by atoms with Crippen LogP contribution < -0.4 is 4.74 Å². The molecule has 0 saturated heterocycles. The van der Waals surface area contributed by atoms with Crippen LogP contribution in [0.5, 0.6) is 11.5 Å². The maximum Gasteiger partial charge on any atom is 0.325 e. The molecule has 10 heteroatoms. The van der Waals surface area contributed by atoms with Crippen LogP contribution in [0.3, 0.4) is 0 Å². The van der Waals surface area contributed by atoms with Gasteiger partial charge in [0, 0.05) is 0 Å². The van der Waals surface area contributed by atoms with Crippen LogP contribution in [0, 0.1) is 37.3 Å². The first-order chi connectivity index (χ1) is 12.8. The molecular formula is C17H11N3O7. The highest BCUT2D eigenvalue weighted by atomic mass is 16.6. The molecule has 0 radical (unpaired) electrons. The molecule has 0 saturated carbocycles. The third-order valence-corrected chi connectivity index (χ3v) is 4.00. The van der Waals surface area contributed by atoms with Gasteiger partial charge in [0.05, 0.1) is 26.9 Å². The van der Waals surface area contributed by atoms with Crippen LogP contribution in [0.15, 0.2) is 48.5 Å². The van der Waals surface area contributed by atoms with Crippen molar-refractivity contribution in [3.05, 3.63) is 84.4 Å². The van der Waals surface area contributed by atoms with Gasteiger partial charge in [0.15, 0.2) is 0 Å². The molecule has 0 aliphatic heterocycles. The summed E-state index contributed by atoms with van der Waals surface area (Å²) in [7, 11) is 0. The van der Waals surface area contributed by atoms with Gasteiger partial charge in [-0.2, -0.15) is 0 Å². The van der Waals surface area contributed by atoms with Gasteiger partial charge in [-0.15, -0.1) is 0 Å². The van der Waals surface area contributed by atoms with E-state index in [0.29, 0.717) is 17.7 Å². The highest BCUT2D eigenvalue weighted by Crippen LogP contribution is 2.44. The Morgan fingerprint density at radius 2 is 1.41 bits per heavy atom. The first-order valence-electron chi connectivity index (χ1n) is 7.57. The minimum Gasteiger partial charge on any atom is -0.444 e. The van der Waals surface area contributed by atoms with Crippen molar-refractivity contribution in [3.8, 4) is 11.5 Å². The van der Waals surface area contributed by atoms with Crippen molar-refractivity contribution in [1.82, 2.24) is 0 Å². The molecule has 0 heterocycles. The van der Waals surface area contributed by atoms with Crippen LogP contribution in [0.2, 0.25) is 0 Å². The summed E-state index contributed by atoms with van der Waals surface area (Å²) < 4.78 is 5.53. The average molecular weight is 369 g/mol. The Morgan fingerprint density at radius 1 is 0.815 bits per heavy atom. The quantitative estimate of drug-likeness (QED) is 0.470. The molecule has 3 aromatic carbocycles. The number of hydrogen-bond donors (Lipinski definition) is 0. The summed E-state index contributed by atoms with van der Waals surface area (Å²) in [6, 6.07) is 11.8. The second kappa shape index (κ2) is 6.67. The summed E-state index contributed by atoms with van der Waals surface area (Å²) >= 11 is 0. The third kappa shape index (κ3) is 3.23. The number of nitrogens with zero attached hydrogens (tertiary/aromatic N) is 3. The predicted octanol–water partition coefficient (Wildman–Crippen LogP) is 4.67. The van der Waals surface area contributed by atoms with E-state index in [9.17, 15) is 30.3 Å². The fourth-order valence-corrected chi connectivity index (χ4v) is 2.69. The maximum absolute atomic E-state index is 11.3. The minimum absolute atomic E-state index is 0.175. The molecule has 0 aliphatic carbocycles. The van der Waals surface area contributed by atoms with Gasteiger partial charge in [0.2, 0.25) is 0 Å². The van der Waals surface area contributed by atoms with E-state index in [1.54, 1.807) is 19.1 Å². The SMILES string of the molecule is Cc1c(Oc2c([N+](=O)[O-])cc([N+](=O)[O-])cc2[N+](=O)[O-])ccc2ccccc12. The van der Waals surface area contributed by atoms with E-state index >= 15 is 0 Å². The molecule has 136 valence electrons. The van der Waals surface area contributed by atoms with Gasteiger partial charge in [-0.05, 0) is 29.3 Å². The maximum atomic E-state index is 11.3. The number of aryl methyl sites for hydroxylation is 1. The van der Waals surface area contributed by atoms with Crippen LogP contribution in [0.25, 0.3) is 10.8 Å². The van der Waals surface area contributed by atoms with Crippen molar-refractivity contribution in [2.24, 2.45) is 0 Å². The fraction of sp³-hybridized carbons (Fsp3) is 0.0588. The predicted molar refractivity (Wildman–Crippen MR) is 95.2 cm³/mol. The highest BCUT2D eigenvalue weighted by Gasteiger charge is 2.33. The highest BCUT2D eigenvalue weighted by molar-refractivity contribution is 5.87. The normalized spacial score (nSPS) is 10.6. The van der Waals surface area contributed by atoms with Gasteiger partial charge >= 0.3 is 11.4 Å². The second-order valence-corrected chi connectivity index (χ2v) is 5.60. The van der Waals surface area contributed by atoms with Crippen LogP contribution in [-0.2, 0) is 0 Å². The lowest BCUT2D eigenvalue weighted by Gasteiger charge is -2.11. The molecule has 0 spiro atoms. The van der Waals surface area contributed by atoms with E-state index in [2.05, 4.69) is 0 Å². The van der Waals surface area contributed by atoms with Crippen molar-refractivity contribution < 1.29 is 19.5 Å². The molecule has 0 N–H and O–H groups in total. The van der Waals surface area contributed by atoms with Crippen molar-refractivity contribution in [2.75, 3.05) is 0 Å². The molecule has 0 atom stereocenters. The Morgan fingerprint density at radius 3 is 1.96 bits per heavy atom. The molecule has 0 amide bonds. The summed E-state index contributed by atoms with van der Waals surface area (Å²) in [5.74, 6) is -0.484. The average Bonchev–Trinajstić information content (AvgIpc) is 2.63. The van der Waals surface area contributed by atoms with Crippen molar-refractivity contribution in [3.63, 3.8) is 0 Å². The number of benzene rings is 3. The molecule has 0 aromatic heterocycles. The van der Waals surface area contributed by atoms with Crippen LogP contribution >= 0.6 is 0 Å². The minimum atomic E-state index is -0.953. The third-order valence-electron chi connectivity index (χ3n) is 4.00. The largest absolute Gasteiger partial charge is 0.444 e. The number of nitro benzene ring substituents is 3. The van der Waals surface area contributed by atoms with E-state index in [0.717, 1.165) is 10.8 Å². The number of hydrogen-bond acceptors (Lipinski definition) is 7. The molecule has 0 bridgehead atoms. The zero-order valence-corrected chi connectivity index (χ0v) is 13.8. The topological polar surface area (TPSA) is 139 Å².